The van der Waals surface area contributed by atoms with E-state index < -0.39 is 146 Å². The summed E-state index contributed by atoms with van der Waals surface area (Å²) in [5, 5.41) is 1.60. The van der Waals surface area contributed by atoms with Crippen molar-refractivity contribution < 1.29 is 108 Å². The first-order valence-corrected chi connectivity index (χ1v) is 19.9. The van der Waals surface area contributed by atoms with Crippen molar-refractivity contribution in [2.75, 3.05) is 26.6 Å². The van der Waals surface area contributed by atoms with Gasteiger partial charge in [-0.3, -0.25) is 33.6 Å². The monoisotopic (exact) mass is 925 g/mol. The molecule has 2 fully saturated rings. The van der Waals surface area contributed by atoms with Crippen molar-refractivity contribution in [1.82, 2.24) is 5.32 Å². The number of rotatable bonds is 17. The van der Waals surface area contributed by atoms with Crippen LogP contribution in [-0.2, 0) is 90.5 Å². The number of thioether (sulfide) groups is 1. The van der Waals surface area contributed by atoms with Gasteiger partial charge in [-0.25, -0.2) is 9.59 Å². The lowest BCUT2D eigenvalue weighted by Gasteiger charge is -2.51. The molecule has 2 aliphatic rings. The van der Waals surface area contributed by atoms with Gasteiger partial charge >= 0.3 is 59.8 Å². The van der Waals surface area contributed by atoms with E-state index in [2.05, 4.69) is 0 Å². The predicted molar refractivity (Wildman–Crippen MR) is 200 cm³/mol. The molecule has 21 nitrogen and oxygen atoms in total. The summed E-state index contributed by atoms with van der Waals surface area (Å²) in [6, 6.07) is 5.04. The second-order valence-corrected chi connectivity index (χ2v) is 14.6. The maximum atomic E-state index is 14.3. The molecule has 0 unspecified atom stereocenters. The van der Waals surface area contributed by atoms with Crippen LogP contribution in [0, 0.1) is 0 Å². The minimum Gasteiger partial charge on any atom is -0.465 e. The highest BCUT2D eigenvalue weighted by Crippen LogP contribution is 2.42. The third-order valence-electron chi connectivity index (χ3n) is 8.84. The Kier molecular flexibility index (Phi) is 18.7. The molecule has 63 heavy (non-hydrogen) atoms. The van der Waals surface area contributed by atoms with Crippen molar-refractivity contribution in [2.24, 2.45) is 0 Å². The van der Waals surface area contributed by atoms with Crippen LogP contribution in [0.2, 0.25) is 0 Å². The molecule has 0 bridgehead atoms. The smallest absolute Gasteiger partial charge is 0.465 e. The van der Waals surface area contributed by atoms with E-state index in [4.69, 9.17) is 52.1 Å². The van der Waals surface area contributed by atoms with Gasteiger partial charge in [-0.05, 0) is 18.4 Å². The fraction of sp³-hybridized carbons (Fsp3) is 0.605. The van der Waals surface area contributed by atoms with Gasteiger partial charge in [-0.1, -0.05) is 18.2 Å². The van der Waals surface area contributed by atoms with Crippen LogP contribution in [0.3, 0.4) is 0 Å². The van der Waals surface area contributed by atoms with Crippen molar-refractivity contribution in [3.05, 3.63) is 35.9 Å². The van der Waals surface area contributed by atoms with Gasteiger partial charge in [0, 0.05) is 41.5 Å². The van der Waals surface area contributed by atoms with Gasteiger partial charge in [-0.2, -0.15) is 13.2 Å². The van der Waals surface area contributed by atoms with Crippen molar-refractivity contribution in [2.45, 2.75) is 120 Å². The van der Waals surface area contributed by atoms with E-state index in [-0.39, 0.29) is 5.56 Å². The third-order valence-corrected chi connectivity index (χ3v) is 9.68. The number of ether oxygens (including phenoxy) is 11. The van der Waals surface area contributed by atoms with Gasteiger partial charge < -0.3 is 57.4 Å². The van der Waals surface area contributed by atoms with Crippen molar-refractivity contribution >= 4 is 65.4 Å². The van der Waals surface area contributed by atoms with Gasteiger partial charge in [0.15, 0.2) is 24.4 Å². The minimum absolute atomic E-state index is 0.0227. The van der Waals surface area contributed by atoms with Gasteiger partial charge in [0.1, 0.15) is 43.1 Å². The molecule has 0 saturated carbocycles. The van der Waals surface area contributed by atoms with Crippen LogP contribution in [0.15, 0.2) is 30.3 Å². The van der Waals surface area contributed by atoms with E-state index in [1.807, 2.05) is 0 Å². The number of amides is 1. The fourth-order valence-corrected chi connectivity index (χ4v) is 7.23. The number of methoxy groups -OCH3 is 1. The second-order valence-electron chi connectivity index (χ2n) is 13.7. The number of hydrogen-bond acceptors (Lipinski definition) is 21. The van der Waals surface area contributed by atoms with Crippen LogP contribution < -0.4 is 5.32 Å². The number of nitrogens with one attached hydrogen (secondary N) is 1. The van der Waals surface area contributed by atoms with Gasteiger partial charge in [0.05, 0.1) is 25.1 Å². The van der Waals surface area contributed by atoms with Crippen molar-refractivity contribution in [1.29, 1.82) is 0 Å². The third kappa shape index (κ3) is 14.5. The molecule has 1 amide bonds. The van der Waals surface area contributed by atoms with Crippen molar-refractivity contribution in [3.8, 4) is 0 Å². The summed E-state index contributed by atoms with van der Waals surface area (Å²) in [5.74, 6) is -14.9. The molecule has 0 radical (unpaired) electrons. The first-order chi connectivity index (χ1) is 29.4. The Balaban J connectivity index is 2.44. The number of alkyl halides is 3. The van der Waals surface area contributed by atoms with E-state index >= 15 is 0 Å². The molecule has 11 atom stereocenters. The van der Waals surface area contributed by atoms with Crippen LogP contribution in [0.1, 0.15) is 58.3 Å². The molecule has 2 heterocycles. The lowest BCUT2D eigenvalue weighted by atomic mass is 9.87. The molecule has 2 aliphatic heterocycles. The normalized spacial score (nSPS) is 26.6. The number of hydrogen-bond donors (Lipinski definition) is 1. The average molecular weight is 926 g/mol. The molecule has 350 valence electrons. The Labute approximate surface area is 361 Å². The van der Waals surface area contributed by atoms with Crippen LogP contribution in [0.5, 0.6) is 0 Å². The first kappa shape index (κ1) is 51.8. The molecule has 0 aromatic heterocycles. The summed E-state index contributed by atoms with van der Waals surface area (Å²) in [4.78, 5) is 115. The summed E-state index contributed by atoms with van der Waals surface area (Å²) in [7, 11) is 0.796. The quantitative estimate of drug-likeness (QED) is 0.170. The zero-order chi connectivity index (χ0) is 47.4. The highest BCUT2D eigenvalue weighted by Gasteiger charge is 2.64. The lowest BCUT2D eigenvalue weighted by Crippen LogP contribution is -2.72. The summed E-state index contributed by atoms with van der Waals surface area (Å²) >= 11 is 0.889. The Bertz CT molecular complexity index is 1850. The number of carbonyl (C=O) groups is 9. The Morgan fingerprint density at radius 2 is 1.40 bits per heavy atom. The zero-order valence-electron chi connectivity index (χ0n) is 35.0. The number of benzene rings is 1. The number of halogens is 3. The summed E-state index contributed by atoms with van der Waals surface area (Å²) in [5.41, 5.74) is -1.36. The van der Waals surface area contributed by atoms with E-state index in [9.17, 15) is 56.3 Å². The van der Waals surface area contributed by atoms with Crippen LogP contribution >= 0.6 is 11.8 Å². The largest absolute Gasteiger partial charge is 0.471 e. The molecular weight excluding hydrogens is 879 g/mol. The van der Waals surface area contributed by atoms with E-state index in [0.717, 1.165) is 60.4 Å². The SMILES string of the molecule is COC(=O)[C@@]1(O[C@H]2[C@@H](OC(C)=O)[C@@H](COC(C)=O)O[C@@H](SC)[C@@H]2OC(=O)c2ccccc2)C[C@H](OC(C)=O)[C@@H](NC(=O)C(F)(F)F)[C@H]([C@H](OC(C)=O)[C@@H](COC(C)=O)OC(C)=O)O1. The minimum atomic E-state index is -5.64. The van der Waals surface area contributed by atoms with Crippen LogP contribution in [0.4, 0.5) is 13.2 Å². The first-order valence-electron chi connectivity index (χ1n) is 18.6. The Morgan fingerprint density at radius 3 is 1.90 bits per heavy atom. The molecule has 1 N–H and O–H groups in total. The summed E-state index contributed by atoms with van der Waals surface area (Å²) in [6.07, 6.45) is -21.3. The van der Waals surface area contributed by atoms with E-state index in [0.29, 0.717) is 0 Å². The van der Waals surface area contributed by atoms with E-state index in [1.165, 1.54) is 30.5 Å². The summed E-state index contributed by atoms with van der Waals surface area (Å²) in [6.45, 7) is 3.72. The maximum absolute atomic E-state index is 14.3. The molecular formula is C38H46F3NO20S. The highest BCUT2D eigenvalue weighted by atomic mass is 32.2. The van der Waals surface area contributed by atoms with Crippen LogP contribution in [0.25, 0.3) is 0 Å². The van der Waals surface area contributed by atoms with Gasteiger partial charge in [-0.15, -0.1) is 11.8 Å². The number of carbonyl (C=O) groups excluding carboxylic acids is 9. The molecule has 0 aliphatic carbocycles. The Hall–Kier alpha value is -5.53. The molecule has 25 heteroatoms. The lowest BCUT2D eigenvalue weighted by molar-refractivity contribution is -0.350. The topological polar surface area (TPSA) is 267 Å². The van der Waals surface area contributed by atoms with Gasteiger partial charge in [0.2, 0.25) is 0 Å². The molecule has 3 rings (SSSR count). The van der Waals surface area contributed by atoms with E-state index in [1.54, 1.807) is 11.4 Å². The Morgan fingerprint density at radius 1 is 0.794 bits per heavy atom. The second kappa shape index (κ2) is 22.7. The molecule has 0 spiro atoms. The number of esters is 8. The molecule has 1 aromatic rings. The summed E-state index contributed by atoms with van der Waals surface area (Å²) < 4.78 is 103. The fourth-order valence-electron chi connectivity index (χ4n) is 6.50. The average Bonchev–Trinajstić information content (AvgIpc) is 3.19. The maximum Gasteiger partial charge on any atom is 0.471 e. The van der Waals surface area contributed by atoms with Gasteiger partial charge in [0.25, 0.3) is 5.79 Å². The highest BCUT2D eigenvalue weighted by molar-refractivity contribution is 7.99. The van der Waals surface area contributed by atoms with Crippen molar-refractivity contribution in [3.63, 3.8) is 0 Å². The molecule has 1 aromatic carbocycles. The predicted octanol–water partition coefficient (Wildman–Crippen LogP) is 1.24. The molecule has 2 saturated heterocycles. The standard InChI is InChI=1S/C38H46F3NO20S/c1-17(43)53-15-25(56-20(4)46)28(57-21(5)47)30-27(42-35(50)38(39,40)41)24(55-19(3)45)14-37(61-30,36(51)52-7)62-31-29(58-22(6)48)26(16-54-18(2)44)59-34(63-8)32(31)60-33(49)23-12-10-9-11-13-23/h9-13,24-32,34H,14-16H2,1-8H3,(H,42,50)/t24-,25+,26+,27+,28+,29-,30+,31-,32+,34-,37-/m0/s1. The van der Waals surface area contributed by atoms with Crippen LogP contribution in [-0.4, -0.2) is 153 Å². The zero-order valence-corrected chi connectivity index (χ0v) is 35.8.